The van der Waals surface area contributed by atoms with Gasteiger partial charge in [-0.2, -0.15) is 5.10 Å². The molecule has 0 radical (unpaired) electrons. The SMILES string of the molecule is CC(CN)CC(=O)Nc1cccc(-c2ccn[nH]2)c1. The van der Waals surface area contributed by atoms with E-state index < -0.39 is 0 Å². The number of hydrogen-bond donors (Lipinski definition) is 3. The molecule has 0 aliphatic carbocycles. The molecule has 5 heteroatoms. The van der Waals surface area contributed by atoms with Crippen LogP contribution in [-0.4, -0.2) is 22.6 Å². The summed E-state index contributed by atoms with van der Waals surface area (Å²) in [4.78, 5) is 11.8. The molecule has 100 valence electrons. The Hall–Kier alpha value is -2.14. The van der Waals surface area contributed by atoms with Gasteiger partial charge in [0, 0.05) is 23.9 Å². The number of nitrogens with one attached hydrogen (secondary N) is 2. The van der Waals surface area contributed by atoms with E-state index in [0.717, 1.165) is 16.9 Å². The van der Waals surface area contributed by atoms with E-state index in [2.05, 4.69) is 15.5 Å². The normalized spacial score (nSPS) is 12.1. The molecule has 2 rings (SSSR count). The Labute approximate surface area is 112 Å². The largest absolute Gasteiger partial charge is 0.330 e. The van der Waals surface area contributed by atoms with Crippen molar-refractivity contribution < 1.29 is 4.79 Å². The number of aromatic nitrogens is 2. The minimum atomic E-state index is -0.0142. The lowest BCUT2D eigenvalue weighted by molar-refractivity contribution is -0.116. The van der Waals surface area contributed by atoms with Crippen molar-refractivity contribution >= 4 is 11.6 Å². The lowest BCUT2D eigenvalue weighted by Gasteiger charge is -2.10. The molecule has 0 aliphatic rings. The first-order chi connectivity index (χ1) is 9.19. The average molecular weight is 258 g/mol. The second-order valence-corrected chi connectivity index (χ2v) is 4.64. The van der Waals surface area contributed by atoms with E-state index >= 15 is 0 Å². The Morgan fingerprint density at radius 1 is 1.47 bits per heavy atom. The predicted octanol–water partition coefficient (Wildman–Crippen LogP) is 2.00. The van der Waals surface area contributed by atoms with E-state index in [1.54, 1.807) is 6.20 Å². The molecule has 1 unspecified atom stereocenters. The van der Waals surface area contributed by atoms with Gasteiger partial charge in [0.1, 0.15) is 0 Å². The number of nitrogens with zero attached hydrogens (tertiary/aromatic N) is 1. The quantitative estimate of drug-likeness (QED) is 0.767. The zero-order valence-electron chi connectivity index (χ0n) is 10.9. The van der Waals surface area contributed by atoms with Crippen molar-refractivity contribution in [3.8, 4) is 11.3 Å². The van der Waals surface area contributed by atoms with Crippen molar-refractivity contribution in [3.63, 3.8) is 0 Å². The van der Waals surface area contributed by atoms with Gasteiger partial charge in [0.2, 0.25) is 5.91 Å². The van der Waals surface area contributed by atoms with E-state index in [4.69, 9.17) is 5.73 Å². The fourth-order valence-corrected chi connectivity index (χ4v) is 1.79. The number of H-pyrrole nitrogens is 1. The number of aromatic amines is 1. The molecule has 0 saturated carbocycles. The van der Waals surface area contributed by atoms with Crippen molar-refractivity contribution in [1.29, 1.82) is 0 Å². The maximum absolute atomic E-state index is 11.8. The Kier molecular flexibility index (Phi) is 4.30. The summed E-state index contributed by atoms with van der Waals surface area (Å²) in [5.74, 6) is 0.176. The Balaban J connectivity index is 2.05. The third-order valence-electron chi connectivity index (χ3n) is 2.89. The molecule has 2 aromatic rings. The van der Waals surface area contributed by atoms with Crippen LogP contribution in [0.15, 0.2) is 36.5 Å². The second-order valence-electron chi connectivity index (χ2n) is 4.64. The molecule has 1 heterocycles. The summed E-state index contributed by atoms with van der Waals surface area (Å²) in [6.45, 7) is 2.47. The van der Waals surface area contributed by atoms with E-state index in [1.807, 2.05) is 37.3 Å². The molecular weight excluding hydrogens is 240 g/mol. The van der Waals surface area contributed by atoms with Crippen LogP contribution < -0.4 is 11.1 Å². The average Bonchev–Trinajstić information content (AvgIpc) is 2.92. The van der Waals surface area contributed by atoms with Gasteiger partial charge in [-0.05, 0) is 30.7 Å². The van der Waals surface area contributed by atoms with Gasteiger partial charge in [0.05, 0.1) is 5.69 Å². The van der Waals surface area contributed by atoms with E-state index in [-0.39, 0.29) is 11.8 Å². The van der Waals surface area contributed by atoms with Crippen LogP contribution in [0.4, 0.5) is 5.69 Å². The molecule has 1 aromatic heterocycles. The van der Waals surface area contributed by atoms with Crippen LogP contribution in [0.1, 0.15) is 13.3 Å². The summed E-state index contributed by atoms with van der Waals surface area (Å²) in [5, 5.41) is 9.69. The highest BCUT2D eigenvalue weighted by molar-refractivity contribution is 5.91. The molecule has 0 bridgehead atoms. The van der Waals surface area contributed by atoms with Crippen molar-refractivity contribution in [1.82, 2.24) is 10.2 Å². The number of benzene rings is 1. The molecule has 1 aromatic carbocycles. The van der Waals surface area contributed by atoms with Crippen molar-refractivity contribution in [2.45, 2.75) is 13.3 Å². The Morgan fingerprint density at radius 2 is 2.32 bits per heavy atom. The fourth-order valence-electron chi connectivity index (χ4n) is 1.79. The van der Waals surface area contributed by atoms with E-state index in [1.165, 1.54) is 0 Å². The monoisotopic (exact) mass is 258 g/mol. The first kappa shape index (κ1) is 13.3. The zero-order valence-corrected chi connectivity index (χ0v) is 10.9. The minimum Gasteiger partial charge on any atom is -0.330 e. The predicted molar refractivity (Wildman–Crippen MR) is 75.5 cm³/mol. The van der Waals surface area contributed by atoms with Crippen molar-refractivity contribution in [2.24, 2.45) is 11.7 Å². The maximum Gasteiger partial charge on any atom is 0.224 e. The highest BCUT2D eigenvalue weighted by Gasteiger charge is 2.08. The topological polar surface area (TPSA) is 83.8 Å². The lowest BCUT2D eigenvalue weighted by atomic mass is 10.1. The number of amides is 1. The van der Waals surface area contributed by atoms with Crippen LogP contribution in [-0.2, 0) is 4.79 Å². The van der Waals surface area contributed by atoms with Crippen LogP contribution in [0.25, 0.3) is 11.3 Å². The fraction of sp³-hybridized carbons (Fsp3) is 0.286. The summed E-state index contributed by atoms with van der Waals surface area (Å²) < 4.78 is 0. The Bertz CT molecular complexity index is 536. The smallest absolute Gasteiger partial charge is 0.224 e. The molecular formula is C14H18N4O. The van der Waals surface area contributed by atoms with Gasteiger partial charge in [-0.15, -0.1) is 0 Å². The summed E-state index contributed by atoms with van der Waals surface area (Å²) in [6, 6.07) is 9.53. The molecule has 0 spiro atoms. The number of hydrogen-bond acceptors (Lipinski definition) is 3. The van der Waals surface area contributed by atoms with Gasteiger partial charge in [-0.1, -0.05) is 19.1 Å². The zero-order chi connectivity index (χ0) is 13.7. The molecule has 0 fully saturated rings. The van der Waals surface area contributed by atoms with Gasteiger partial charge in [0.15, 0.2) is 0 Å². The number of anilines is 1. The van der Waals surface area contributed by atoms with Gasteiger partial charge in [-0.25, -0.2) is 0 Å². The van der Waals surface area contributed by atoms with E-state index in [9.17, 15) is 4.79 Å². The second kappa shape index (κ2) is 6.15. The van der Waals surface area contributed by atoms with Gasteiger partial charge in [0.25, 0.3) is 0 Å². The number of nitrogens with two attached hydrogens (primary N) is 1. The molecule has 0 saturated heterocycles. The number of rotatable bonds is 5. The van der Waals surface area contributed by atoms with Gasteiger partial charge < -0.3 is 11.1 Å². The molecule has 4 N–H and O–H groups in total. The number of carbonyl (C=O) groups excluding carboxylic acids is 1. The molecule has 19 heavy (non-hydrogen) atoms. The third kappa shape index (κ3) is 3.66. The van der Waals surface area contributed by atoms with Crippen molar-refractivity contribution in [3.05, 3.63) is 36.5 Å². The van der Waals surface area contributed by atoms with E-state index in [0.29, 0.717) is 13.0 Å². The molecule has 1 atom stereocenters. The van der Waals surface area contributed by atoms with Crippen LogP contribution in [0, 0.1) is 5.92 Å². The van der Waals surface area contributed by atoms with Gasteiger partial charge >= 0.3 is 0 Å². The lowest BCUT2D eigenvalue weighted by Crippen LogP contribution is -2.20. The van der Waals surface area contributed by atoms with Crippen LogP contribution in [0.3, 0.4) is 0 Å². The molecule has 1 amide bonds. The van der Waals surface area contributed by atoms with Crippen LogP contribution in [0.5, 0.6) is 0 Å². The maximum atomic E-state index is 11.8. The summed E-state index contributed by atoms with van der Waals surface area (Å²) in [6.07, 6.45) is 2.13. The molecule has 0 aliphatic heterocycles. The highest BCUT2D eigenvalue weighted by atomic mass is 16.1. The summed E-state index contributed by atoms with van der Waals surface area (Å²) >= 11 is 0. The third-order valence-corrected chi connectivity index (χ3v) is 2.89. The van der Waals surface area contributed by atoms with Crippen LogP contribution in [0.2, 0.25) is 0 Å². The summed E-state index contributed by atoms with van der Waals surface area (Å²) in [5.41, 5.74) is 8.20. The van der Waals surface area contributed by atoms with Crippen molar-refractivity contribution in [2.75, 3.05) is 11.9 Å². The first-order valence-electron chi connectivity index (χ1n) is 6.28. The minimum absolute atomic E-state index is 0.0142. The van der Waals surface area contributed by atoms with Gasteiger partial charge in [-0.3, -0.25) is 9.89 Å². The first-order valence-corrected chi connectivity index (χ1v) is 6.28. The standard InChI is InChI=1S/C14H18N4O/c1-10(9-15)7-14(19)17-12-4-2-3-11(8-12)13-5-6-16-18-13/h2-6,8,10H,7,9,15H2,1H3,(H,16,18)(H,17,19). The highest BCUT2D eigenvalue weighted by Crippen LogP contribution is 2.20. The number of carbonyl (C=O) groups is 1. The summed E-state index contributed by atoms with van der Waals surface area (Å²) in [7, 11) is 0. The Morgan fingerprint density at radius 3 is 3.00 bits per heavy atom. The molecule has 5 nitrogen and oxygen atoms in total. The van der Waals surface area contributed by atoms with Crippen LogP contribution >= 0.6 is 0 Å².